The predicted molar refractivity (Wildman–Crippen MR) is 51.8 cm³/mol. The Balaban J connectivity index is 2.33. The highest BCUT2D eigenvalue weighted by Crippen LogP contribution is 2.23. The minimum absolute atomic E-state index is 0.329. The molecule has 0 N–H and O–H groups in total. The van der Waals surface area contributed by atoms with E-state index in [4.69, 9.17) is 4.74 Å². The SMILES string of the molecule is COc1ccc(S(=O)(=O)N2CC2)cc1. The molecule has 0 radical (unpaired) electrons. The van der Waals surface area contributed by atoms with Crippen LogP contribution >= 0.6 is 0 Å². The molecular formula is C9H11NO3S. The van der Waals surface area contributed by atoms with Crippen molar-refractivity contribution < 1.29 is 13.2 Å². The van der Waals surface area contributed by atoms with Crippen molar-refractivity contribution in [2.75, 3.05) is 20.2 Å². The first-order valence-corrected chi connectivity index (χ1v) is 5.73. The van der Waals surface area contributed by atoms with Crippen LogP contribution in [0.4, 0.5) is 0 Å². The summed E-state index contributed by atoms with van der Waals surface area (Å²) in [6, 6.07) is 6.42. The molecule has 1 saturated heterocycles. The molecule has 1 fully saturated rings. The lowest BCUT2D eigenvalue weighted by molar-refractivity contribution is 0.414. The van der Waals surface area contributed by atoms with Crippen LogP contribution < -0.4 is 4.74 Å². The van der Waals surface area contributed by atoms with Gasteiger partial charge in [0.05, 0.1) is 12.0 Å². The van der Waals surface area contributed by atoms with E-state index >= 15 is 0 Å². The largest absolute Gasteiger partial charge is 0.497 e. The second-order valence-corrected chi connectivity index (χ2v) is 5.02. The Hall–Kier alpha value is -1.07. The molecule has 2 rings (SSSR count). The van der Waals surface area contributed by atoms with E-state index in [1.54, 1.807) is 31.4 Å². The molecule has 14 heavy (non-hydrogen) atoms. The van der Waals surface area contributed by atoms with Gasteiger partial charge in [-0.2, -0.15) is 4.31 Å². The van der Waals surface area contributed by atoms with E-state index in [2.05, 4.69) is 0 Å². The lowest BCUT2D eigenvalue weighted by Crippen LogP contribution is -2.11. The number of benzene rings is 1. The quantitative estimate of drug-likeness (QED) is 0.694. The molecule has 0 amide bonds. The minimum Gasteiger partial charge on any atom is -0.497 e. The third-order valence-corrected chi connectivity index (χ3v) is 4.02. The minimum atomic E-state index is -3.21. The molecule has 0 unspecified atom stereocenters. The Kier molecular flexibility index (Phi) is 2.20. The van der Waals surface area contributed by atoms with Crippen molar-refractivity contribution in [1.82, 2.24) is 4.31 Å². The molecule has 0 aromatic heterocycles. The summed E-state index contributed by atoms with van der Waals surface area (Å²) in [5.41, 5.74) is 0. The van der Waals surface area contributed by atoms with Crippen LogP contribution in [0.15, 0.2) is 29.2 Å². The zero-order chi connectivity index (χ0) is 10.2. The molecule has 1 heterocycles. The molecule has 0 bridgehead atoms. The number of methoxy groups -OCH3 is 1. The fourth-order valence-corrected chi connectivity index (χ4v) is 2.52. The van der Waals surface area contributed by atoms with Gasteiger partial charge in [-0.25, -0.2) is 8.42 Å². The standard InChI is InChI=1S/C9H11NO3S/c1-13-8-2-4-9(5-3-8)14(11,12)10-6-7-10/h2-5H,6-7H2,1H3. The van der Waals surface area contributed by atoms with Crippen LogP contribution in [0.25, 0.3) is 0 Å². The van der Waals surface area contributed by atoms with Crippen molar-refractivity contribution in [1.29, 1.82) is 0 Å². The topological polar surface area (TPSA) is 46.4 Å². The van der Waals surface area contributed by atoms with Gasteiger partial charge < -0.3 is 4.74 Å². The van der Waals surface area contributed by atoms with E-state index in [1.807, 2.05) is 0 Å². The van der Waals surface area contributed by atoms with E-state index < -0.39 is 10.0 Å². The maximum absolute atomic E-state index is 11.7. The first kappa shape index (κ1) is 9.48. The van der Waals surface area contributed by atoms with Crippen molar-refractivity contribution in [3.63, 3.8) is 0 Å². The molecule has 5 heteroatoms. The van der Waals surface area contributed by atoms with E-state index in [0.717, 1.165) is 0 Å². The Morgan fingerprint density at radius 3 is 2.21 bits per heavy atom. The summed E-state index contributed by atoms with van der Waals surface area (Å²) in [6.45, 7) is 1.27. The molecule has 0 aliphatic carbocycles. The van der Waals surface area contributed by atoms with Crippen molar-refractivity contribution in [2.24, 2.45) is 0 Å². The fraction of sp³-hybridized carbons (Fsp3) is 0.333. The van der Waals surface area contributed by atoms with E-state index in [-0.39, 0.29) is 0 Å². The van der Waals surface area contributed by atoms with Gasteiger partial charge in [0.15, 0.2) is 0 Å². The van der Waals surface area contributed by atoms with Gasteiger partial charge in [0.1, 0.15) is 5.75 Å². The van der Waals surface area contributed by atoms with Gasteiger partial charge in [0.2, 0.25) is 10.0 Å². The van der Waals surface area contributed by atoms with Crippen LogP contribution in [0.2, 0.25) is 0 Å². The highest BCUT2D eigenvalue weighted by Gasteiger charge is 2.32. The van der Waals surface area contributed by atoms with Crippen LogP contribution in [0.1, 0.15) is 0 Å². The summed E-state index contributed by atoms with van der Waals surface area (Å²) < 4.78 is 29.7. The van der Waals surface area contributed by atoms with Crippen molar-refractivity contribution in [3.8, 4) is 5.75 Å². The predicted octanol–water partition coefficient (Wildman–Crippen LogP) is 0.700. The van der Waals surface area contributed by atoms with Gasteiger partial charge in [-0.15, -0.1) is 0 Å². The first-order valence-electron chi connectivity index (χ1n) is 4.29. The molecule has 1 aromatic carbocycles. The maximum atomic E-state index is 11.7. The third-order valence-electron chi connectivity index (χ3n) is 2.10. The molecule has 1 aromatic rings. The Morgan fingerprint density at radius 2 is 1.79 bits per heavy atom. The molecule has 0 atom stereocenters. The van der Waals surface area contributed by atoms with Crippen molar-refractivity contribution in [2.45, 2.75) is 4.90 Å². The Bertz CT molecular complexity index is 420. The second-order valence-electron chi connectivity index (χ2n) is 3.08. The highest BCUT2D eigenvalue weighted by molar-refractivity contribution is 7.89. The summed E-state index contributed by atoms with van der Waals surface area (Å²) in [7, 11) is -1.66. The first-order chi connectivity index (χ1) is 6.64. The van der Waals surface area contributed by atoms with Gasteiger partial charge in [-0.1, -0.05) is 0 Å². The van der Waals surface area contributed by atoms with Crippen LogP contribution in [0.3, 0.4) is 0 Å². The molecule has 4 nitrogen and oxygen atoms in total. The number of sulfonamides is 1. The number of rotatable bonds is 3. The van der Waals surface area contributed by atoms with Crippen LogP contribution in [0, 0.1) is 0 Å². The zero-order valence-electron chi connectivity index (χ0n) is 7.80. The second kappa shape index (κ2) is 3.25. The average molecular weight is 213 g/mol. The monoisotopic (exact) mass is 213 g/mol. The highest BCUT2D eigenvalue weighted by atomic mass is 32.2. The number of ether oxygens (including phenoxy) is 1. The number of nitrogens with zero attached hydrogens (tertiary/aromatic N) is 1. The normalized spacial score (nSPS) is 16.6. The molecule has 76 valence electrons. The summed E-state index contributed by atoms with van der Waals surface area (Å²) in [5, 5.41) is 0. The maximum Gasteiger partial charge on any atom is 0.243 e. The molecular weight excluding hydrogens is 202 g/mol. The van der Waals surface area contributed by atoms with Gasteiger partial charge in [-0.05, 0) is 24.3 Å². The molecule has 0 spiro atoms. The summed E-state index contributed by atoms with van der Waals surface area (Å²) in [5.74, 6) is 0.662. The van der Waals surface area contributed by atoms with Gasteiger partial charge in [0.25, 0.3) is 0 Å². The lowest BCUT2D eigenvalue weighted by atomic mass is 10.3. The Labute approximate surface area is 83.2 Å². The molecule has 0 saturated carbocycles. The smallest absolute Gasteiger partial charge is 0.243 e. The lowest BCUT2D eigenvalue weighted by Gasteiger charge is -2.04. The number of hydrogen-bond acceptors (Lipinski definition) is 3. The molecule has 1 aliphatic heterocycles. The van der Waals surface area contributed by atoms with Crippen molar-refractivity contribution >= 4 is 10.0 Å². The van der Waals surface area contributed by atoms with Gasteiger partial charge in [-0.3, -0.25) is 0 Å². The molecule has 1 aliphatic rings. The van der Waals surface area contributed by atoms with E-state index in [1.165, 1.54) is 4.31 Å². The average Bonchev–Trinajstić information content (AvgIpc) is 3.01. The van der Waals surface area contributed by atoms with Crippen LogP contribution in [-0.4, -0.2) is 32.9 Å². The third kappa shape index (κ3) is 1.60. The number of hydrogen-bond donors (Lipinski definition) is 0. The van der Waals surface area contributed by atoms with Crippen LogP contribution in [-0.2, 0) is 10.0 Å². The van der Waals surface area contributed by atoms with Gasteiger partial charge >= 0.3 is 0 Å². The van der Waals surface area contributed by atoms with Gasteiger partial charge in [0, 0.05) is 13.1 Å². The summed E-state index contributed by atoms with van der Waals surface area (Å²) >= 11 is 0. The van der Waals surface area contributed by atoms with Crippen LogP contribution in [0.5, 0.6) is 5.75 Å². The summed E-state index contributed by atoms with van der Waals surface area (Å²) in [6.07, 6.45) is 0. The van der Waals surface area contributed by atoms with Crippen molar-refractivity contribution in [3.05, 3.63) is 24.3 Å². The van der Waals surface area contributed by atoms with E-state index in [0.29, 0.717) is 23.7 Å². The summed E-state index contributed by atoms with van der Waals surface area (Å²) in [4.78, 5) is 0.329. The fourth-order valence-electron chi connectivity index (χ4n) is 1.18. The van der Waals surface area contributed by atoms with E-state index in [9.17, 15) is 8.42 Å². The Morgan fingerprint density at radius 1 is 1.21 bits per heavy atom. The zero-order valence-corrected chi connectivity index (χ0v) is 8.62.